The number of carbonyl (C=O) groups is 2. The number of carbonyl (C=O) groups excluding carboxylic acids is 2. The number of fused-ring (bicyclic) bond motifs is 2. The molecule has 0 aromatic heterocycles. The summed E-state index contributed by atoms with van der Waals surface area (Å²) >= 11 is 0. The van der Waals surface area contributed by atoms with Crippen molar-refractivity contribution in [2.75, 3.05) is 5.32 Å². The summed E-state index contributed by atoms with van der Waals surface area (Å²) in [4.78, 5) is 24.4. The van der Waals surface area contributed by atoms with Gasteiger partial charge in [-0.15, -0.1) is 0 Å². The Bertz CT molecular complexity index is 790. The molecule has 2 aromatic rings. The van der Waals surface area contributed by atoms with Gasteiger partial charge in [-0.1, -0.05) is 12.1 Å². The molecule has 0 bridgehead atoms. The zero-order valence-electron chi connectivity index (χ0n) is 10.6. The van der Waals surface area contributed by atoms with Crippen LogP contribution < -0.4 is 10.6 Å². The lowest BCUT2D eigenvalue weighted by atomic mass is 9.89. The second-order valence-electron chi connectivity index (χ2n) is 5.61. The van der Waals surface area contributed by atoms with Gasteiger partial charge in [0, 0.05) is 11.1 Å². The van der Waals surface area contributed by atoms with Crippen LogP contribution in [0.25, 0.3) is 10.8 Å². The molecular formula is C15H12N2O2. The molecule has 4 nitrogen and oxygen atoms in total. The average molecular weight is 252 g/mol. The Morgan fingerprint density at radius 3 is 2.63 bits per heavy atom. The monoisotopic (exact) mass is 252 g/mol. The van der Waals surface area contributed by atoms with E-state index in [2.05, 4.69) is 10.6 Å². The quantitative estimate of drug-likeness (QED) is 0.756. The van der Waals surface area contributed by atoms with Gasteiger partial charge in [-0.25, -0.2) is 0 Å². The lowest BCUT2D eigenvalue weighted by Gasteiger charge is -2.19. The summed E-state index contributed by atoms with van der Waals surface area (Å²) in [7, 11) is 0. The van der Waals surface area contributed by atoms with Crippen LogP contribution in [-0.2, 0) is 5.54 Å². The molecule has 2 aliphatic heterocycles. The maximum atomic E-state index is 12.2. The van der Waals surface area contributed by atoms with Crippen molar-refractivity contribution in [3.8, 4) is 0 Å². The van der Waals surface area contributed by atoms with E-state index < -0.39 is 5.54 Å². The topological polar surface area (TPSA) is 58.2 Å². The highest BCUT2D eigenvalue weighted by molar-refractivity contribution is 6.29. The zero-order chi connectivity index (χ0) is 13.4. The van der Waals surface area contributed by atoms with Gasteiger partial charge in [0.2, 0.25) is 0 Å². The lowest BCUT2D eigenvalue weighted by molar-refractivity contribution is 0.0931. The Morgan fingerprint density at radius 2 is 1.84 bits per heavy atom. The molecule has 19 heavy (non-hydrogen) atoms. The van der Waals surface area contributed by atoms with E-state index in [-0.39, 0.29) is 11.8 Å². The Hall–Kier alpha value is -2.36. The van der Waals surface area contributed by atoms with Crippen LogP contribution >= 0.6 is 0 Å². The molecule has 0 unspecified atom stereocenters. The summed E-state index contributed by atoms with van der Waals surface area (Å²) in [5, 5.41) is 7.62. The third-order valence-corrected chi connectivity index (χ3v) is 3.97. The fraction of sp³-hybridized carbons (Fsp3) is 0.200. The SMILES string of the molecule is CC1(C)NC(=O)c2c1cc1cccc3c1c2C(=O)N3. The first-order chi connectivity index (χ1) is 8.99. The number of hydrogen-bond acceptors (Lipinski definition) is 2. The molecule has 4 rings (SSSR count). The smallest absolute Gasteiger partial charge is 0.257 e. The minimum atomic E-state index is -0.435. The van der Waals surface area contributed by atoms with E-state index in [0.29, 0.717) is 11.1 Å². The number of rotatable bonds is 0. The molecule has 0 aliphatic carbocycles. The Labute approximate surface area is 109 Å². The molecule has 0 atom stereocenters. The van der Waals surface area contributed by atoms with Gasteiger partial charge < -0.3 is 10.6 Å². The van der Waals surface area contributed by atoms with Crippen molar-refractivity contribution in [2.45, 2.75) is 19.4 Å². The van der Waals surface area contributed by atoms with Crippen LogP contribution in [0.1, 0.15) is 40.1 Å². The van der Waals surface area contributed by atoms with E-state index in [4.69, 9.17) is 0 Å². The van der Waals surface area contributed by atoms with Gasteiger partial charge in [0.25, 0.3) is 11.8 Å². The molecule has 0 spiro atoms. The van der Waals surface area contributed by atoms with Gasteiger partial charge >= 0.3 is 0 Å². The molecule has 0 saturated carbocycles. The molecule has 2 amide bonds. The van der Waals surface area contributed by atoms with Crippen molar-refractivity contribution in [3.63, 3.8) is 0 Å². The Morgan fingerprint density at radius 1 is 1.05 bits per heavy atom. The number of anilines is 1. The van der Waals surface area contributed by atoms with Crippen LogP contribution in [0.15, 0.2) is 24.3 Å². The van der Waals surface area contributed by atoms with Crippen LogP contribution in [0.2, 0.25) is 0 Å². The molecule has 2 heterocycles. The van der Waals surface area contributed by atoms with E-state index in [1.807, 2.05) is 38.1 Å². The van der Waals surface area contributed by atoms with Gasteiger partial charge in [0.15, 0.2) is 0 Å². The highest BCUT2D eigenvalue weighted by Crippen LogP contribution is 2.42. The Kier molecular flexibility index (Phi) is 1.65. The minimum Gasteiger partial charge on any atom is -0.343 e. The van der Waals surface area contributed by atoms with Crippen LogP contribution in [-0.4, -0.2) is 11.8 Å². The summed E-state index contributed by atoms with van der Waals surface area (Å²) in [5.74, 6) is -0.348. The summed E-state index contributed by atoms with van der Waals surface area (Å²) in [6, 6.07) is 7.76. The number of nitrogens with one attached hydrogen (secondary N) is 2. The van der Waals surface area contributed by atoms with E-state index in [9.17, 15) is 9.59 Å². The molecule has 2 aliphatic rings. The van der Waals surface area contributed by atoms with E-state index in [0.717, 1.165) is 22.0 Å². The summed E-state index contributed by atoms with van der Waals surface area (Å²) < 4.78 is 0. The zero-order valence-corrected chi connectivity index (χ0v) is 10.6. The van der Waals surface area contributed by atoms with Gasteiger partial charge in [-0.05, 0) is 36.9 Å². The summed E-state index contributed by atoms with van der Waals surface area (Å²) in [5.41, 5.74) is 2.30. The third kappa shape index (κ3) is 1.13. The molecule has 2 N–H and O–H groups in total. The average Bonchev–Trinajstić information content (AvgIpc) is 2.77. The van der Waals surface area contributed by atoms with Gasteiger partial charge in [-0.3, -0.25) is 9.59 Å². The third-order valence-electron chi connectivity index (χ3n) is 3.97. The van der Waals surface area contributed by atoms with Gasteiger partial charge in [-0.2, -0.15) is 0 Å². The van der Waals surface area contributed by atoms with Crippen LogP contribution in [0.4, 0.5) is 5.69 Å². The first kappa shape index (κ1) is 10.6. The van der Waals surface area contributed by atoms with E-state index in [1.165, 1.54) is 0 Å². The molecular weight excluding hydrogens is 240 g/mol. The number of hydrogen-bond donors (Lipinski definition) is 2. The maximum absolute atomic E-state index is 12.2. The number of benzene rings is 2. The van der Waals surface area contributed by atoms with E-state index >= 15 is 0 Å². The highest BCUT2D eigenvalue weighted by Gasteiger charge is 2.40. The fourth-order valence-electron chi connectivity index (χ4n) is 3.12. The predicted octanol–water partition coefficient (Wildman–Crippen LogP) is 2.38. The maximum Gasteiger partial charge on any atom is 0.257 e. The second-order valence-corrected chi connectivity index (χ2v) is 5.61. The van der Waals surface area contributed by atoms with Crippen molar-refractivity contribution < 1.29 is 9.59 Å². The molecule has 0 saturated heterocycles. The minimum absolute atomic E-state index is 0.163. The predicted molar refractivity (Wildman–Crippen MR) is 72.4 cm³/mol. The molecule has 4 heteroatoms. The first-order valence-electron chi connectivity index (χ1n) is 6.23. The first-order valence-corrected chi connectivity index (χ1v) is 6.23. The summed E-state index contributed by atoms with van der Waals surface area (Å²) in [6.45, 7) is 3.90. The molecule has 94 valence electrons. The van der Waals surface area contributed by atoms with E-state index in [1.54, 1.807) is 0 Å². The van der Waals surface area contributed by atoms with Crippen LogP contribution in [0.5, 0.6) is 0 Å². The fourth-order valence-corrected chi connectivity index (χ4v) is 3.12. The van der Waals surface area contributed by atoms with Crippen LogP contribution in [0.3, 0.4) is 0 Å². The largest absolute Gasteiger partial charge is 0.343 e. The standard InChI is InChI=1S/C15H12N2O2/c1-15(2)8-6-7-4-3-5-9-10(7)12(13(18)16-9)11(8)14(19)17-15/h3-6H,1-2H3,(H,16,18)(H,17,19). The highest BCUT2D eigenvalue weighted by atomic mass is 16.2. The van der Waals surface area contributed by atoms with Crippen LogP contribution in [0, 0.1) is 0 Å². The van der Waals surface area contributed by atoms with Gasteiger partial charge in [0.05, 0.1) is 16.7 Å². The van der Waals surface area contributed by atoms with Crippen molar-refractivity contribution in [1.82, 2.24) is 5.32 Å². The molecule has 0 radical (unpaired) electrons. The summed E-state index contributed by atoms with van der Waals surface area (Å²) in [6.07, 6.45) is 0. The lowest BCUT2D eigenvalue weighted by Crippen LogP contribution is -2.32. The van der Waals surface area contributed by atoms with Gasteiger partial charge in [0.1, 0.15) is 0 Å². The van der Waals surface area contributed by atoms with Crippen molar-refractivity contribution >= 4 is 28.3 Å². The number of amides is 2. The van der Waals surface area contributed by atoms with Crippen molar-refractivity contribution in [2.24, 2.45) is 0 Å². The van der Waals surface area contributed by atoms with Crippen molar-refractivity contribution in [3.05, 3.63) is 41.0 Å². The van der Waals surface area contributed by atoms with Crippen molar-refractivity contribution in [1.29, 1.82) is 0 Å². The second kappa shape index (κ2) is 2.96. The Balaban J connectivity index is 2.24. The molecule has 2 aromatic carbocycles. The molecule has 0 fully saturated rings. The normalized spacial score (nSPS) is 18.4.